The van der Waals surface area contributed by atoms with Gasteiger partial charge < -0.3 is 9.67 Å². The molecular weight excluding hydrogens is 256 g/mol. The second-order valence-corrected chi connectivity index (χ2v) is 6.03. The second kappa shape index (κ2) is 5.14. The summed E-state index contributed by atoms with van der Waals surface area (Å²) in [7, 11) is 0. The minimum Gasteiger partial charge on any atom is -0.386 e. The number of likely N-dealkylation sites (tertiary alicyclic amines) is 1. The van der Waals surface area contributed by atoms with E-state index in [4.69, 9.17) is 0 Å². The standard InChI is InChI=1S/C15H20N2O3/c1-10(18)14(19)9-16-6-11-5-12(8-16)13-3-2-4-15(20)17(13)7-11/h2-4,10-12,18H,5-9H2,1H3/t10-,11+,12-/m1/s1. The Morgan fingerprint density at radius 1 is 1.40 bits per heavy atom. The number of aromatic nitrogens is 1. The maximum absolute atomic E-state index is 11.9. The zero-order chi connectivity index (χ0) is 14.3. The van der Waals surface area contributed by atoms with Gasteiger partial charge >= 0.3 is 0 Å². The molecule has 20 heavy (non-hydrogen) atoms. The molecule has 1 aromatic heterocycles. The van der Waals surface area contributed by atoms with E-state index in [9.17, 15) is 14.7 Å². The number of nitrogens with zero attached hydrogens (tertiary/aromatic N) is 2. The number of aliphatic hydroxyl groups is 1. The van der Waals surface area contributed by atoms with Crippen LogP contribution in [0, 0.1) is 5.92 Å². The van der Waals surface area contributed by atoms with Gasteiger partial charge in [-0.05, 0) is 25.3 Å². The minimum absolute atomic E-state index is 0.0747. The summed E-state index contributed by atoms with van der Waals surface area (Å²) in [5, 5.41) is 9.33. The number of pyridine rings is 1. The van der Waals surface area contributed by atoms with E-state index in [1.807, 2.05) is 16.7 Å². The largest absolute Gasteiger partial charge is 0.386 e. The first kappa shape index (κ1) is 13.5. The lowest BCUT2D eigenvalue weighted by Crippen LogP contribution is -2.49. The molecule has 1 fully saturated rings. The smallest absolute Gasteiger partial charge is 0.250 e. The average molecular weight is 276 g/mol. The SMILES string of the molecule is C[C@@H](O)C(=O)CN1C[C@@H]2C[C@H](C1)c1cccc(=O)n1C2. The molecule has 0 radical (unpaired) electrons. The van der Waals surface area contributed by atoms with Crippen molar-refractivity contribution in [1.82, 2.24) is 9.47 Å². The van der Waals surface area contributed by atoms with Gasteiger partial charge in [-0.25, -0.2) is 0 Å². The summed E-state index contributed by atoms with van der Waals surface area (Å²) in [6, 6.07) is 5.44. The van der Waals surface area contributed by atoms with Gasteiger partial charge in [0.25, 0.3) is 5.56 Å². The van der Waals surface area contributed by atoms with Crippen LogP contribution in [0.5, 0.6) is 0 Å². The third-order valence-corrected chi connectivity index (χ3v) is 4.40. The third kappa shape index (κ3) is 2.43. The van der Waals surface area contributed by atoms with Crippen LogP contribution in [0.15, 0.2) is 23.0 Å². The number of aliphatic hydroxyl groups excluding tert-OH is 1. The fraction of sp³-hybridized carbons (Fsp3) is 0.600. The summed E-state index contributed by atoms with van der Waals surface area (Å²) in [5.74, 6) is 0.608. The van der Waals surface area contributed by atoms with Crippen LogP contribution in [0.25, 0.3) is 0 Å². The van der Waals surface area contributed by atoms with Gasteiger partial charge in [0, 0.05) is 37.3 Å². The van der Waals surface area contributed by atoms with E-state index in [0.29, 0.717) is 18.4 Å². The first-order chi connectivity index (χ1) is 9.54. The molecule has 0 amide bonds. The van der Waals surface area contributed by atoms with E-state index in [2.05, 4.69) is 4.90 Å². The Balaban J connectivity index is 1.80. The highest BCUT2D eigenvalue weighted by Gasteiger charge is 2.35. The Morgan fingerprint density at radius 3 is 2.95 bits per heavy atom. The maximum Gasteiger partial charge on any atom is 0.250 e. The Hall–Kier alpha value is -1.46. The van der Waals surface area contributed by atoms with Crippen LogP contribution in [0.1, 0.15) is 25.0 Å². The topological polar surface area (TPSA) is 62.5 Å². The Labute approximate surface area is 117 Å². The number of rotatable bonds is 3. The Morgan fingerprint density at radius 2 is 2.20 bits per heavy atom. The number of carbonyl (C=O) groups excluding carboxylic acids is 1. The van der Waals surface area contributed by atoms with Crippen molar-refractivity contribution in [3.05, 3.63) is 34.2 Å². The van der Waals surface area contributed by atoms with Crippen molar-refractivity contribution in [3.8, 4) is 0 Å². The normalized spacial score (nSPS) is 26.9. The van der Waals surface area contributed by atoms with Gasteiger partial charge in [-0.3, -0.25) is 14.5 Å². The monoisotopic (exact) mass is 276 g/mol. The molecule has 5 heteroatoms. The van der Waals surface area contributed by atoms with Gasteiger partial charge in [-0.15, -0.1) is 0 Å². The molecule has 1 saturated heterocycles. The highest BCUT2D eigenvalue weighted by atomic mass is 16.3. The summed E-state index contributed by atoms with van der Waals surface area (Å²) in [5.41, 5.74) is 1.16. The van der Waals surface area contributed by atoms with Gasteiger partial charge in [0.05, 0.1) is 6.54 Å². The summed E-state index contributed by atoms with van der Waals surface area (Å²) in [6.07, 6.45) is 0.190. The van der Waals surface area contributed by atoms with Gasteiger partial charge in [0.2, 0.25) is 0 Å². The van der Waals surface area contributed by atoms with E-state index in [-0.39, 0.29) is 11.3 Å². The van der Waals surface area contributed by atoms with E-state index in [0.717, 1.165) is 31.7 Å². The number of fused-ring (bicyclic) bond motifs is 4. The molecule has 0 unspecified atom stereocenters. The Kier molecular flexibility index (Phi) is 3.48. The summed E-state index contributed by atoms with van der Waals surface area (Å²) in [4.78, 5) is 25.7. The zero-order valence-electron chi connectivity index (χ0n) is 11.7. The van der Waals surface area contributed by atoms with Gasteiger partial charge in [-0.2, -0.15) is 0 Å². The molecule has 3 rings (SSSR count). The fourth-order valence-corrected chi connectivity index (χ4v) is 3.48. The van der Waals surface area contributed by atoms with Crippen molar-refractivity contribution in [3.63, 3.8) is 0 Å². The van der Waals surface area contributed by atoms with Crippen molar-refractivity contribution >= 4 is 5.78 Å². The van der Waals surface area contributed by atoms with E-state index >= 15 is 0 Å². The lowest BCUT2D eigenvalue weighted by Gasteiger charge is -2.42. The predicted molar refractivity (Wildman–Crippen MR) is 74.7 cm³/mol. The van der Waals surface area contributed by atoms with Crippen LogP contribution in [0.4, 0.5) is 0 Å². The van der Waals surface area contributed by atoms with Gasteiger partial charge in [0.15, 0.2) is 5.78 Å². The molecular formula is C15H20N2O3. The molecule has 2 aliphatic heterocycles. The molecule has 0 aliphatic carbocycles. The van der Waals surface area contributed by atoms with Crippen LogP contribution < -0.4 is 5.56 Å². The van der Waals surface area contributed by atoms with Crippen molar-refractivity contribution in [1.29, 1.82) is 0 Å². The number of hydrogen-bond acceptors (Lipinski definition) is 4. The van der Waals surface area contributed by atoms with E-state index in [1.165, 1.54) is 6.92 Å². The fourth-order valence-electron chi connectivity index (χ4n) is 3.48. The summed E-state index contributed by atoms with van der Waals surface area (Å²) in [6.45, 7) is 4.18. The van der Waals surface area contributed by atoms with Crippen LogP contribution in [0.2, 0.25) is 0 Å². The molecule has 0 aromatic carbocycles. The molecule has 108 valence electrons. The first-order valence-corrected chi connectivity index (χ1v) is 7.17. The first-order valence-electron chi connectivity index (χ1n) is 7.17. The highest BCUT2D eigenvalue weighted by molar-refractivity contribution is 5.84. The van der Waals surface area contributed by atoms with Gasteiger partial charge in [-0.1, -0.05) is 6.07 Å². The van der Waals surface area contributed by atoms with Crippen LogP contribution in [0.3, 0.4) is 0 Å². The third-order valence-electron chi connectivity index (χ3n) is 4.40. The number of hydrogen-bond donors (Lipinski definition) is 1. The number of ketones is 1. The van der Waals surface area contributed by atoms with E-state index in [1.54, 1.807) is 6.07 Å². The lowest BCUT2D eigenvalue weighted by atomic mass is 9.83. The van der Waals surface area contributed by atoms with Crippen molar-refractivity contribution in [2.45, 2.75) is 31.9 Å². The maximum atomic E-state index is 11.9. The number of Topliss-reactive ketones (excluding diaryl/α,β-unsaturated/α-hetero) is 1. The van der Waals surface area contributed by atoms with E-state index < -0.39 is 6.10 Å². The van der Waals surface area contributed by atoms with Crippen LogP contribution in [-0.4, -0.2) is 46.1 Å². The molecule has 1 aromatic rings. The lowest BCUT2D eigenvalue weighted by molar-refractivity contribution is -0.128. The Bertz CT molecular complexity index is 579. The molecule has 0 spiro atoms. The summed E-state index contributed by atoms with van der Waals surface area (Å²) < 4.78 is 1.88. The molecule has 3 heterocycles. The highest BCUT2D eigenvalue weighted by Crippen LogP contribution is 2.34. The molecule has 0 saturated carbocycles. The predicted octanol–water partition coefficient (Wildman–Crippen LogP) is 0.217. The zero-order valence-corrected chi connectivity index (χ0v) is 11.7. The number of piperidine rings is 1. The quantitative estimate of drug-likeness (QED) is 0.857. The second-order valence-electron chi connectivity index (χ2n) is 6.03. The molecule has 2 aliphatic rings. The van der Waals surface area contributed by atoms with Crippen molar-refractivity contribution in [2.75, 3.05) is 19.6 Å². The molecule has 5 nitrogen and oxygen atoms in total. The summed E-state index contributed by atoms with van der Waals surface area (Å²) >= 11 is 0. The van der Waals surface area contributed by atoms with Crippen LogP contribution in [-0.2, 0) is 11.3 Å². The van der Waals surface area contributed by atoms with Crippen LogP contribution >= 0.6 is 0 Å². The number of carbonyl (C=O) groups is 1. The average Bonchev–Trinajstić information content (AvgIpc) is 2.40. The minimum atomic E-state index is -0.897. The van der Waals surface area contributed by atoms with Crippen molar-refractivity contribution < 1.29 is 9.90 Å². The van der Waals surface area contributed by atoms with Gasteiger partial charge in [0.1, 0.15) is 6.10 Å². The molecule has 3 atom stereocenters. The van der Waals surface area contributed by atoms with Crippen molar-refractivity contribution in [2.24, 2.45) is 5.92 Å². The molecule has 2 bridgehead atoms. The molecule has 1 N–H and O–H groups in total.